The molecule has 2 heterocycles. The van der Waals surface area contributed by atoms with Crippen molar-refractivity contribution in [2.45, 2.75) is 26.5 Å². The topological polar surface area (TPSA) is 88.4 Å². The highest BCUT2D eigenvalue weighted by atomic mass is 19.1. The molecule has 1 unspecified atom stereocenters. The van der Waals surface area contributed by atoms with Crippen molar-refractivity contribution in [3.05, 3.63) is 95.6 Å². The summed E-state index contributed by atoms with van der Waals surface area (Å²) in [6.07, 6.45) is 3.27. The molecule has 3 aromatic rings. The molecule has 0 spiro atoms. The zero-order valence-electron chi connectivity index (χ0n) is 19.0. The van der Waals surface area contributed by atoms with Crippen LogP contribution in [0.2, 0.25) is 0 Å². The first-order valence-corrected chi connectivity index (χ1v) is 10.6. The SMILES string of the molecule is C/C(=N\NC(=O)COc1cccc(C)c1)N1N=C(c2ccncc2)OC1(C)c1ccc(F)cc1. The van der Waals surface area contributed by atoms with Gasteiger partial charge in [-0.3, -0.25) is 9.78 Å². The highest BCUT2D eigenvalue weighted by Crippen LogP contribution is 2.36. The minimum atomic E-state index is -1.12. The smallest absolute Gasteiger partial charge is 0.278 e. The van der Waals surface area contributed by atoms with Crippen molar-refractivity contribution in [3.8, 4) is 5.75 Å². The van der Waals surface area contributed by atoms with Crippen molar-refractivity contribution < 1.29 is 18.7 Å². The van der Waals surface area contributed by atoms with Gasteiger partial charge in [0.2, 0.25) is 11.6 Å². The van der Waals surface area contributed by atoms with Gasteiger partial charge in [0.1, 0.15) is 17.4 Å². The molecular formula is C25H24FN5O3. The van der Waals surface area contributed by atoms with Crippen LogP contribution < -0.4 is 10.2 Å². The highest BCUT2D eigenvalue weighted by molar-refractivity contribution is 5.97. The van der Waals surface area contributed by atoms with Crippen LogP contribution in [0.3, 0.4) is 0 Å². The largest absolute Gasteiger partial charge is 0.484 e. The Morgan fingerprint density at radius 2 is 1.91 bits per heavy atom. The van der Waals surface area contributed by atoms with E-state index in [1.807, 2.05) is 25.1 Å². The summed E-state index contributed by atoms with van der Waals surface area (Å²) in [4.78, 5) is 16.3. The van der Waals surface area contributed by atoms with Gasteiger partial charge in [-0.25, -0.2) is 14.8 Å². The maximum Gasteiger partial charge on any atom is 0.278 e. The van der Waals surface area contributed by atoms with Crippen LogP contribution in [0.1, 0.15) is 30.5 Å². The third kappa shape index (κ3) is 5.03. The maximum atomic E-state index is 13.5. The first kappa shape index (κ1) is 22.9. The van der Waals surface area contributed by atoms with Crippen LogP contribution in [0.25, 0.3) is 0 Å². The number of hydrazone groups is 2. The van der Waals surface area contributed by atoms with Crippen molar-refractivity contribution in [1.29, 1.82) is 0 Å². The van der Waals surface area contributed by atoms with Crippen molar-refractivity contribution in [2.24, 2.45) is 10.2 Å². The quantitative estimate of drug-likeness (QED) is 0.341. The lowest BCUT2D eigenvalue weighted by atomic mass is 10.0. The molecule has 0 bridgehead atoms. The van der Waals surface area contributed by atoms with Crippen molar-refractivity contribution in [3.63, 3.8) is 0 Å². The Morgan fingerprint density at radius 1 is 1.18 bits per heavy atom. The summed E-state index contributed by atoms with van der Waals surface area (Å²) in [5.41, 5.74) is 3.77. The summed E-state index contributed by atoms with van der Waals surface area (Å²) in [6, 6.07) is 16.9. The van der Waals surface area contributed by atoms with E-state index in [9.17, 15) is 9.18 Å². The van der Waals surface area contributed by atoms with E-state index in [1.54, 1.807) is 56.6 Å². The molecule has 1 aliphatic rings. The molecule has 0 saturated heterocycles. The van der Waals surface area contributed by atoms with E-state index >= 15 is 0 Å². The zero-order chi connectivity index (χ0) is 24.1. The third-order valence-electron chi connectivity index (χ3n) is 5.21. The summed E-state index contributed by atoms with van der Waals surface area (Å²) >= 11 is 0. The van der Waals surface area contributed by atoms with Crippen LogP contribution in [0.4, 0.5) is 4.39 Å². The van der Waals surface area contributed by atoms with Crippen molar-refractivity contribution >= 4 is 17.6 Å². The summed E-state index contributed by atoms with van der Waals surface area (Å²) < 4.78 is 25.3. The summed E-state index contributed by atoms with van der Waals surface area (Å²) in [5.74, 6) is 0.512. The van der Waals surface area contributed by atoms with Gasteiger partial charge < -0.3 is 9.47 Å². The lowest BCUT2D eigenvalue weighted by Crippen LogP contribution is -2.42. The fourth-order valence-corrected chi connectivity index (χ4v) is 3.45. The second-order valence-corrected chi connectivity index (χ2v) is 7.84. The molecule has 0 saturated carbocycles. The van der Waals surface area contributed by atoms with E-state index in [1.165, 1.54) is 17.1 Å². The lowest BCUT2D eigenvalue weighted by molar-refractivity contribution is -0.123. The molecule has 1 aliphatic heterocycles. The number of hydrogen-bond acceptors (Lipinski definition) is 6. The Hall–Kier alpha value is -4.27. The molecule has 1 aromatic heterocycles. The average molecular weight is 461 g/mol. The number of rotatable bonds is 6. The second-order valence-electron chi connectivity index (χ2n) is 7.84. The zero-order valence-corrected chi connectivity index (χ0v) is 19.0. The number of amidine groups is 1. The number of aromatic nitrogens is 1. The molecule has 0 fully saturated rings. The Labute approximate surface area is 196 Å². The number of ether oxygens (including phenoxy) is 2. The van der Waals surface area contributed by atoms with Gasteiger partial charge in [0.25, 0.3) is 5.91 Å². The lowest BCUT2D eigenvalue weighted by Gasteiger charge is -2.32. The van der Waals surface area contributed by atoms with Crippen LogP contribution in [0, 0.1) is 12.7 Å². The number of hydrogen-bond donors (Lipinski definition) is 1. The van der Waals surface area contributed by atoms with E-state index in [0.717, 1.165) is 5.56 Å². The molecule has 174 valence electrons. The van der Waals surface area contributed by atoms with Gasteiger partial charge in [0.05, 0.1) is 0 Å². The molecule has 9 heteroatoms. The average Bonchev–Trinajstić information content (AvgIpc) is 3.21. The number of aryl methyl sites for hydroxylation is 1. The number of nitrogens with one attached hydrogen (secondary N) is 1. The number of carbonyl (C=O) groups is 1. The van der Waals surface area contributed by atoms with Gasteiger partial charge in [-0.2, -0.15) is 5.10 Å². The molecule has 1 N–H and O–H groups in total. The van der Waals surface area contributed by atoms with Crippen LogP contribution in [0.15, 0.2) is 83.3 Å². The predicted octanol–water partition coefficient (Wildman–Crippen LogP) is 3.92. The van der Waals surface area contributed by atoms with Gasteiger partial charge in [0, 0.05) is 30.4 Å². The van der Waals surface area contributed by atoms with Crippen LogP contribution in [-0.4, -0.2) is 34.2 Å². The van der Waals surface area contributed by atoms with Crippen molar-refractivity contribution in [1.82, 2.24) is 15.4 Å². The summed E-state index contributed by atoms with van der Waals surface area (Å²) in [6.45, 7) is 5.22. The molecule has 34 heavy (non-hydrogen) atoms. The number of nitrogens with zero attached hydrogens (tertiary/aromatic N) is 4. The fraction of sp³-hybridized carbons (Fsp3) is 0.200. The van der Waals surface area contributed by atoms with Gasteiger partial charge >= 0.3 is 0 Å². The number of benzene rings is 2. The molecular weight excluding hydrogens is 437 g/mol. The molecule has 8 nitrogen and oxygen atoms in total. The molecule has 1 amide bonds. The number of pyridine rings is 1. The van der Waals surface area contributed by atoms with E-state index in [4.69, 9.17) is 9.47 Å². The summed E-state index contributed by atoms with van der Waals surface area (Å²) in [7, 11) is 0. The maximum absolute atomic E-state index is 13.5. The van der Waals surface area contributed by atoms with E-state index in [-0.39, 0.29) is 12.4 Å². The Balaban J connectivity index is 1.53. The van der Waals surface area contributed by atoms with Gasteiger partial charge in [0.15, 0.2) is 6.61 Å². The van der Waals surface area contributed by atoms with E-state index in [2.05, 4.69) is 20.6 Å². The normalized spacial score (nSPS) is 17.7. The first-order chi connectivity index (χ1) is 16.3. The van der Waals surface area contributed by atoms with Gasteiger partial charge in [-0.05, 0) is 55.8 Å². The standard InChI is InChI=1S/C25H24FN5O3/c1-17-5-4-6-22(15-17)33-16-23(32)29-28-18(2)31-25(3,20-7-9-21(26)10-8-20)34-24(30-31)19-11-13-27-14-12-19/h4-15H,16H2,1-3H3,(H,29,32)/b28-18+. The first-order valence-electron chi connectivity index (χ1n) is 10.6. The minimum Gasteiger partial charge on any atom is -0.484 e. The monoisotopic (exact) mass is 461 g/mol. The predicted molar refractivity (Wildman–Crippen MR) is 125 cm³/mol. The number of amides is 1. The van der Waals surface area contributed by atoms with Crippen LogP contribution in [-0.2, 0) is 15.3 Å². The van der Waals surface area contributed by atoms with Gasteiger partial charge in [-0.1, -0.05) is 24.3 Å². The Kier molecular flexibility index (Phi) is 6.53. The third-order valence-corrected chi connectivity index (χ3v) is 5.21. The van der Waals surface area contributed by atoms with E-state index < -0.39 is 11.6 Å². The molecule has 0 aliphatic carbocycles. The summed E-state index contributed by atoms with van der Waals surface area (Å²) in [5, 5.41) is 10.3. The molecule has 0 radical (unpaired) electrons. The molecule has 2 aromatic carbocycles. The number of halogens is 1. The molecule has 4 rings (SSSR count). The van der Waals surface area contributed by atoms with Crippen molar-refractivity contribution in [2.75, 3.05) is 6.61 Å². The molecule has 1 atom stereocenters. The van der Waals surface area contributed by atoms with Crippen LogP contribution >= 0.6 is 0 Å². The minimum absolute atomic E-state index is 0.197. The Bertz CT molecular complexity index is 1230. The van der Waals surface area contributed by atoms with Crippen LogP contribution in [0.5, 0.6) is 5.75 Å². The Morgan fingerprint density at radius 3 is 2.62 bits per heavy atom. The van der Waals surface area contributed by atoms with E-state index in [0.29, 0.717) is 28.6 Å². The highest BCUT2D eigenvalue weighted by Gasteiger charge is 2.44. The van der Waals surface area contributed by atoms with Gasteiger partial charge in [-0.15, -0.1) is 5.10 Å². The number of carbonyl (C=O) groups excluding carboxylic acids is 1. The fourth-order valence-electron chi connectivity index (χ4n) is 3.45. The second kappa shape index (κ2) is 9.70.